The third-order valence-corrected chi connectivity index (χ3v) is 2.85. The Balaban J connectivity index is 2.22. The molecule has 2 amide bonds. The van der Waals surface area contributed by atoms with Gasteiger partial charge in [0, 0.05) is 5.57 Å². The Labute approximate surface area is 63.7 Å². The summed E-state index contributed by atoms with van der Waals surface area (Å²) in [5.41, 5.74) is 0.770. The Morgan fingerprint density at radius 1 is 1.45 bits per heavy atom. The van der Waals surface area contributed by atoms with Crippen LogP contribution in [0, 0.1) is 5.92 Å². The Kier molecular flexibility index (Phi) is 0.700. The highest BCUT2D eigenvalue weighted by Gasteiger charge is 2.62. The molecule has 3 fully saturated rings. The molecular formula is C8H7NO2. The molecule has 1 aliphatic carbocycles. The molecule has 0 N–H and O–H groups in total. The Bertz CT molecular complexity index is 305. The Morgan fingerprint density at radius 3 is 2.91 bits per heavy atom. The van der Waals surface area contributed by atoms with Gasteiger partial charge in [0.1, 0.15) is 0 Å². The third-order valence-electron chi connectivity index (χ3n) is 2.85. The molecule has 3 nitrogen and oxygen atoms in total. The molecule has 2 atom stereocenters. The first-order chi connectivity index (χ1) is 5.30. The van der Waals surface area contributed by atoms with Crippen molar-refractivity contribution in [3.63, 3.8) is 0 Å². The molecule has 4 bridgehead atoms. The van der Waals surface area contributed by atoms with Crippen LogP contribution in [0.15, 0.2) is 11.6 Å². The summed E-state index contributed by atoms with van der Waals surface area (Å²) in [5.74, 6) is -0.0234. The van der Waals surface area contributed by atoms with Gasteiger partial charge in [0.25, 0.3) is 5.91 Å². The molecule has 4 rings (SSSR count). The van der Waals surface area contributed by atoms with Crippen LogP contribution in [-0.4, -0.2) is 22.8 Å². The first-order valence-electron chi connectivity index (χ1n) is 3.88. The van der Waals surface area contributed by atoms with E-state index in [-0.39, 0.29) is 23.8 Å². The van der Waals surface area contributed by atoms with Crippen molar-refractivity contribution in [1.29, 1.82) is 0 Å². The molecule has 0 aromatic heterocycles. The van der Waals surface area contributed by atoms with E-state index >= 15 is 0 Å². The first-order valence-corrected chi connectivity index (χ1v) is 3.88. The average Bonchev–Trinajstić information content (AvgIpc) is 2.34. The van der Waals surface area contributed by atoms with E-state index in [1.807, 2.05) is 6.08 Å². The zero-order valence-electron chi connectivity index (χ0n) is 5.91. The zero-order chi connectivity index (χ0) is 7.59. The number of amides is 2. The molecule has 3 heterocycles. The van der Waals surface area contributed by atoms with Gasteiger partial charge in [-0.25, -0.2) is 0 Å². The number of carbonyl (C=O) groups excluding carboxylic acids is 2. The molecule has 4 aliphatic rings. The van der Waals surface area contributed by atoms with Crippen LogP contribution < -0.4 is 0 Å². The molecule has 0 saturated carbocycles. The van der Waals surface area contributed by atoms with Crippen molar-refractivity contribution >= 4 is 11.8 Å². The molecule has 56 valence electrons. The SMILES string of the molecule is O=C1C2=CCCC3C2C(=O)N13. The van der Waals surface area contributed by atoms with Crippen molar-refractivity contribution in [1.82, 2.24) is 4.90 Å². The lowest BCUT2D eigenvalue weighted by molar-refractivity contribution is -0.152. The van der Waals surface area contributed by atoms with E-state index < -0.39 is 0 Å². The fourth-order valence-corrected chi connectivity index (χ4v) is 2.33. The van der Waals surface area contributed by atoms with Crippen molar-refractivity contribution in [2.24, 2.45) is 5.92 Å². The molecular weight excluding hydrogens is 142 g/mol. The van der Waals surface area contributed by atoms with Gasteiger partial charge < -0.3 is 0 Å². The van der Waals surface area contributed by atoms with E-state index in [2.05, 4.69) is 0 Å². The second-order valence-corrected chi connectivity index (χ2v) is 3.30. The van der Waals surface area contributed by atoms with Crippen molar-refractivity contribution in [2.45, 2.75) is 18.9 Å². The second kappa shape index (κ2) is 1.40. The summed E-state index contributed by atoms with van der Waals surface area (Å²) >= 11 is 0. The van der Waals surface area contributed by atoms with Crippen LogP contribution in [0.2, 0.25) is 0 Å². The van der Waals surface area contributed by atoms with Gasteiger partial charge in [-0.15, -0.1) is 0 Å². The number of carbonyl (C=O) groups is 2. The summed E-state index contributed by atoms with van der Waals surface area (Å²) in [6, 6.07) is 0.245. The third kappa shape index (κ3) is 0.389. The highest BCUT2D eigenvalue weighted by Crippen LogP contribution is 2.47. The van der Waals surface area contributed by atoms with Gasteiger partial charge in [0.15, 0.2) is 0 Å². The van der Waals surface area contributed by atoms with Crippen molar-refractivity contribution in [3.05, 3.63) is 11.6 Å². The maximum Gasteiger partial charge on any atom is 0.257 e. The van der Waals surface area contributed by atoms with Crippen LogP contribution in [0.4, 0.5) is 0 Å². The van der Waals surface area contributed by atoms with Crippen LogP contribution in [0.3, 0.4) is 0 Å². The number of β-lactam (4-membered cyclic amide) rings is 1. The monoisotopic (exact) mass is 149 g/mol. The summed E-state index contributed by atoms with van der Waals surface area (Å²) in [4.78, 5) is 23.8. The summed E-state index contributed by atoms with van der Waals surface area (Å²) in [7, 11) is 0. The molecule has 3 saturated heterocycles. The van der Waals surface area contributed by atoms with Gasteiger partial charge in [0.05, 0.1) is 12.0 Å². The number of imide groups is 1. The van der Waals surface area contributed by atoms with E-state index in [4.69, 9.17) is 0 Å². The minimum absolute atomic E-state index is 0.0255. The number of rotatable bonds is 0. The van der Waals surface area contributed by atoms with Gasteiger partial charge in [-0.2, -0.15) is 0 Å². The van der Waals surface area contributed by atoms with E-state index in [9.17, 15) is 9.59 Å². The molecule has 11 heavy (non-hydrogen) atoms. The highest BCUT2D eigenvalue weighted by atomic mass is 16.2. The van der Waals surface area contributed by atoms with Crippen molar-refractivity contribution < 1.29 is 9.59 Å². The van der Waals surface area contributed by atoms with E-state index in [0.29, 0.717) is 0 Å². The number of hydrogen-bond donors (Lipinski definition) is 0. The minimum Gasteiger partial charge on any atom is -0.274 e. The largest absolute Gasteiger partial charge is 0.274 e. The predicted molar refractivity (Wildman–Crippen MR) is 36.4 cm³/mol. The maximum atomic E-state index is 11.3. The fraction of sp³-hybridized carbons (Fsp3) is 0.500. The van der Waals surface area contributed by atoms with Gasteiger partial charge in [-0.1, -0.05) is 6.08 Å². The second-order valence-electron chi connectivity index (χ2n) is 3.30. The number of hydrogen-bond acceptors (Lipinski definition) is 2. The number of nitrogens with zero attached hydrogens (tertiary/aromatic N) is 1. The quantitative estimate of drug-likeness (QED) is 0.361. The van der Waals surface area contributed by atoms with Gasteiger partial charge >= 0.3 is 0 Å². The summed E-state index contributed by atoms with van der Waals surface area (Å²) < 4.78 is 0. The van der Waals surface area contributed by atoms with Crippen LogP contribution >= 0.6 is 0 Å². The number of allylic oxidation sites excluding steroid dienone is 1. The molecule has 0 aromatic carbocycles. The molecule has 3 heteroatoms. The van der Waals surface area contributed by atoms with Crippen molar-refractivity contribution in [2.75, 3.05) is 0 Å². The zero-order valence-corrected chi connectivity index (χ0v) is 5.91. The van der Waals surface area contributed by atoms with Crippen LogP contribution in [0.1, 0.15) is 12.8 Å². The van der Waals surface area contributed by atoms with Gasteiger partial charge in [-0.3, -0.25) is 14.5 Å². The summed E-state index contributed by atoms with van der Waals surface area (Å²) in [5, 5.41) is 0. The van der Waals surface area contributed by atoms with Crippen LogP contribution in [0.25, 0.3) is 0 Å². The van der Waals surface area contributed by atoms with Crippen LogP contribution in [-0.2, 0) is 9.59 Å². The topological polar surface area (TPSA) is 37.4 Å². The van der Waals surface area contributed by atoms with Crippen molar-refractivity contribution in [3.8, 4) is 0 Å². The van der Waals surface area contributed by atoms with E-state index in [0.717, 1.165) is 18.4 Å². The predicted octanol–water partition coefficient (Wildman–Crippen LogP) is 0.0738. The molecule has 2 unspecified atom stereocenters. The lowest BCUT2D eigenvalue weighted by atomic mass is 9.82. The molecule has 3 aliphatic heterocycles. The molecule has 0 radical (unpaired) electrons. The van der Waals surface area contributed by atoms with Gasteiger partial charge in [0.2, 0.25) is 5.91 Å². The average molecular weight is 149 g/mol. The normalized spacial score (nSPS) is 38.9. The summed E-state index contributed by atoms with van der Waals surface area (Å²) in [6.07, 6.45) is 3.87. The smallest absolute Gasteiger partial charge is 0.257 e. The lowest BCUT2D eigenvalue weighted by Gasteiger charge is -2.36. The molecule has 0 aromatic rings. The maximum absolute atomic E-state index is 11.3. The fourth-order valence-electron chi connectivity index (χ4n) is 2.33. The Morgan fingerprint density at radius 2 is 2.27 bits per heavy atom. The standard InChI is InChI=1S/C8H7NO2/c10-7-4-2-1-3-5-6(4)8(11)9(5)7/h2,5-6H,1,3H2. The van der Waals surface area contributed by atoms with E-state index in [1.165, 1.54) is 4.90 Å². The molecule has 0 spiro atoms. The first kappa shape index (κ1) is 5.52. The highest BCUT2D eigenvalue weighted by molar-refractivity contribution is 6.20. The minimum atomic E-state index is -0.0313. The summed E-state index contributed by atoms with van der Waals surface area (Å²) in [6.45, 7) is 0. The van der Waals surface area contributed by atoms with Gasteiger partial charge in [-0.05, 0) is 12.8 Å². The Hall–Kier alpha value is -1.12. The van der Waals surface area contributed by atoms with E-state index in [1.54, 1.807) is 0 Å². The van der Waals surface area contributed by atoms with Crippen LogP contribution in [0.5, 0.6) is 0 Å². The lowest BCUT2D eigenvalue weighted by Crippen LogP contribution is -2.54.